The van der Waals surface area contributed by atoms with Crippen LogP contribution in [0.3, 0.4) is 0 Å². The van der Waals surface area contributed by atoms with Gasteiger partial charge in [0.05, 0.1) is 21.3 Å². The Labute approximate surface area is 115 Å². The van der Waals surface area contributed by atoms with Crippen LogP contribution in [0, 0.1) is 0 Å². The zero-order valence-corrected chi connectivity index (χ0v) is 11.6. The van der Waals surface area contributed by atoms with Gasteiger partial charge in [-0.25, -0.2) is 0 Å². The maximum absolute atomic E-state index is 6.18. The molecule has 1 N–H and O–H groups in total. The third-order valence-electron chi connectivity index (χ3n) is 2.51. The maximum Gasteiger partial charge on any atom is 0.154 e. The van der Waals surface area contributed by atoms with Gasteiger partial charge >= 0.3 is 0 Å². The molecule has 5 heteroatoms. The normalized spacial score (nSPS) is 11.3. The fourth-order valence-corrected chi connectivity index (χ4v) is 2.47. The Morgan fingerprint density at radius 3 is 2.71 bits per heavy atom. The van der Waals surface area contributed by atoms with Crippen LogP contribution in [0.4, 0.5) is 0 Å². The molecule has 0 aliphatic heterocycles. The summed E-state index contributed by atoms with van der Waals surface area (Å²) in [6.07, 6.45) is 2.74. The summed E-state index contributed by atoms with van der Waals surface area (Å²) in [5.74, 6) is 0. The van der Waals surface area contributed by atoms with E-state index in [9.17, 15) is 0 Å². The van der Waals surface area contributed by atoms with E-state index in [4.69, 9.17) is 39.2 Å². The first-order valence-corrected chi connectivity index (χ1v) is 6.52. The molecule has 0 radical (unpaired) electrons. The van der Waals surface area contributed by atoms with E-state index in [0.29, 0.717) is 27.2 Å². The predicted molar refractivity (Wildman–Crippen MR) is 73.2 cm³/mol. The molecule has 92 valence electrons. The van der Waals surface area contributed by atoms with Gasteiger partial charge < -0.3 is 9.73 Å². The SMILES string of the molecule is CCCNCc1coc2c(Cl)cc(Cl)c(Cl)c12. The average Bonchev–Trinajstić information content (AvgIpc) is 2.71. The predicted octanol–water partition coefficient (Wildman–Crippen LogP) is 4.89. The van der Waals surface area contributed by atoms with E-state index < -0.39 is 0 Å². The molecule has 0 spiro atoms. The van der Waals surface area contributed by atoms with Crippen molar-refractivity contribution in [2.24, 2.45) is 0 Å². The zero-order chi connectivity index (χ0) is 12.4. The number of rotatable bonds is 4. The molecule has 1 aromatic carbocycles. The number of fused-ring (bicyclic) bond motifs is 1. The van der Waals surface area contributed by atoms with Gasteiger partial charge in [0.25, 0.3) is 0 Å². The monoisotopic (exact) mass is 291 g/mol. The molecule has 2 rings (SSSR count). The van der Waals surface area contributed by atoms with Gasteiger partial charge in [-0.3, -0.25) is 0 Å². The van der Waals surface area contributed by atoms with Crippen molar-refractivity contribution in [1.29, 1.82) is 0 Å². The molecular weight excluding hydrogens is 280 g/mol. The highest BCUT2D eigenvalue weighted by molar-refractivity contribution is 6.47. The highest BCUT2D eigenvalue weighted by Crippen LogP contribution is 2.38. The van der Waals surface area contributed by atoms with Crippen molar-refractivity contribution in [1.82, 2.24) is 5.32 Å². The summed E-state index contributed by atoms with van der Waals surface area (Å²) in [5, 5.41) is 5.51. The van der Waals surface area contributed by atoms with Crippen molar-refractivity contribution in [3.8, 4) is 0 Å². The first-order valence-electron chi connectivity index (χ1n) is 5.39. The van der Waals surface area contributed by atoms with E-state index in [1.54, 1.807) is 12.3 Å². The summed E-state index contributed by atoms with van der Waals surface area (Å²) >= 11 is 18.2. The Hall–Kier alpha value is -0.410. The number of benzene rings is 1. The molecule has 1 heterocycles. The fraction of sp³-hybridized carbons (Fsp3) is 0.333. The minimum absolute atomic E-state index is 0.447. The second-order valence-corrected chi connectivity index (χ2v) is 4.99. The molecule has 0 unspecified atom stereocenters. The maximum atomic E-state index is 6.18. The zero-order valence-electron chi connectivity index (χ0n) is 9.32. The van der Waals surface area contributed by atoms with E-state index in [0.717, 1.165) is 23.9 Å². The van der Waals surface area contributed by atoms with Crippen molar-refractivity contribution in [2.45, 2.75) is 19.9 Å². The molecule has 0 bridgehead atoms. The van der Waals surface area contributed by atoms with Crippen LogP contribution in [0.5, 0.6) is 0 Å². The van der Waals surface area contributed by atoms with Crippen molar-refractivity contribution >= 4 is 45.8 Å². The lowest BCUT2D eigenvalue weighted by Gasteiger charge is -2.03. The minimum Gasteiger partial charge on any atom is -0.462 e. The van der Waals surface area contributed by atoms with Crippen LogP contribution in [-0.4, -0.2) is 6.54 Å². The molecule has 0 saturated carbocycles. The lowest BCUT2D eigenvalue weighted by Crippen LogP contribution is -2.13. The molecule has 1 aromatic heterocycles. The van der Waals surface area contributed by atoms with Gasteiger partial charge in [0, 0.05) is 17.5 Å². The van der Waals surface area contributed by atoms with Gasteiger partial charge in [-0.1, -0.05) is 41.7 Å². The molecule has 2 nitrogen and oxygen atoms in total. The molecule has 0 amide bonds. The lowest BCUT2D eigenvalue weighted by molar-refractivity contribution is 0.601. The van der Waals surface area contributed by atoms with Gasteiger partial charge in [-0.2, -0.15) is 0 Å². The van der Waals surface area contributed by atoms with Crippen LogP contribution in [-0.2, 0) is 6.54 Å². The molecule has 0 aliphatic rings. The van der Waals surface area contributed by atoms with Crippen molar-refractivity contribution in [2.75, 3.05) is 6.54 Å². The van der Waals surface area contributed by atoms with Crippen molar-refractivity contribution < 1.29 is 4.42 Å². The Kier molecular flexibility index (Phi) is 4.21. The summed E-state index contributed by atoms with van der Waals surface area (Å²) in [5.41, 5.74) is 1.57. The van der Waals surface area contributed by atoms with Crippen LogP contribution in [0.2, 0.25) is 15.1 Å². The van der Waals surface area contributed by atoms with Crippen molar-refractivity contribution in [3.05, 3.63) is 33.0 Å². The largest absolute Gasteiger partial charge is 0.462 e. The number of hydrogen-bond acceptors (Lipinski definition) is 2. The molecule has 0 fully saturated rings. The Balaban J connectivity index is 2.44. The molecule has 0 aliphatic carbocycles. The van der Waals surface area contributed by atoms with Gasteiger partial charge in [0.15, 0.2) is 5.58 Å². The number of furan rings is 1. The average molecular weight is 293 g/mol. The second-order valence-electron chi connectivity index (χ2n) is 3.80. The van der Waals surface area contributed by atoms with E-state index in [1.807, 2.05) is 0 Å². The summed E-state index contributed by atoms with van der Waals surface area (Å²) in [7, 11) is 0. The van der Waals surface area contributed by atoms with Gasteiger partial charge in [0.1, 0.15) is 0 Å². The van der Waals surface area contributed by atoms with E-state index in [2.05, 4.69) is 12.2 Å². The van der Waals surface area contributed by atoms with E-state index in [1.165, 1.54) is 0 Å². The smallest absolute Gasteiger partial charge is 0.154 e. The van der Waals surface area contributed by atoms with Crippen LogP contribution < -0.4 is 5.32 Å². The molecule has 0 saturated heterocycles. The fourth-order valence-electron chi connectivity index (χ4n) is 1.70. The van der Waals surface area contributed by atoms with Crippen LogP contribution in [0.15, 0.2) is 16.7 Å². The third-order valence-corrected chi connectivity index (χ3v) is 3.58. The molecular formula is C12H12Cl3NO. The second kappa shape index (κ2) is 5.49. The molecule has 2 aromatic rings. The van der Waals surface area contributed by atoms with Gasteiger partial charge in [-0.05, 0) is 19.0 Å². The minimum atomic E-state index is 0.447. The quantitative estimate of drug-likeness (QED) is 0.641. The van der Waals surface area contributed by atoms with Crippen LogP contribution >= 0.6 is 34.8 Å². The third kappa shape index (κ3) is 2.55. The first-order chi connectivity index (χ1) is 8.15. The summed E-state index contributed by atoms with van der Waals surface area (Å²) in [6.45, 7) is 3.75. The number of hydrogen-bond donors (Lipinski definition) is 1. The Bertz CT molecular complexity index is 536. The molecule has 0 atom stereocenters. The van der Waals surface area contributed by atoms with Crippen molar-refractivity contribution in [3.63, 3.8) is 0 Å². The standard InChI is InChI=1S/C12H12Cl3NO/c1-2-3-16-5-7-6-17-12-9(14)4-8(13)11(15)10(7)12/h4,6,16H,2-3,5H2,1H3. The Morgan fingerprint density at radius 2 is 2.00 bits per heavy atom. The first kappa shape index (κ1) is 13.0. The lowest BCUT2D eigenvalue weighted by atomic mass is 10.1. The highest BCUT2D eigenvalue weighted by atomic mass is 35.5. The summed E-state index contributed by atoms with van der Waals surface area (Å²) < 4.78 is 5.43. The van der Waals surface area contributed by atoms with Gasteiger partial charge in [-0.15, -0.1) is 0 Å². The topological polar surface area (TPSA) is 25.2 Å². The molecule has 17 heavy (non-hydrogen) atoms. The Morgan fingerprint density at radius 1 is 1.24 bits per heavy atom. The summed E-state index contributed by atoms with van der Waals surface area (Å²) in [6, 6.07) is 1.60. The summed E-state index contributed by atoms with van der Waals surface area (Å²) in [4.78, 5) is 0. The van der Waals surface area contributed by atoms with Gasteiger partial charge in [0.2, 0.25) is 0 Å². The van der Waals surface area contributed by atoms with Crippen LogP contribution in [0.1, 0.15) is 18.9 Å². The number of nitrogens with one attached hydrogen (secondary N) is 1. The van der Waals surface area contributed by atoms with E-state index in [-0.39, 0.29) is 0 Å². The van der Waals surface area contributed by atoms with E-state index >= 15 is 0 Å². The van der Waals surface area contributed by atoms with Crippen LogP contribution in [0.25, 0.3) is 11.0 Å². The number of halogens is 3. The highest BCUT2D eigenvalue weighted by Gasteiger charge is 2.15.